The van der Waals surface area contributed by atoms with Gasteiger partial charge in [0.05, 0.1) is 6.54 Å². The predicted molar refractivity (Wildman–Crippen MR) is 71.4 cm³/mol. The molecule has 0 radical (unpaired) electrons. The normalized spacial score (nSPS) is 19.4. The lowest BCUT2D eigenvalue weighted by Gasteiger charge is -2.15. The van der Waals surface area contributed by atoms with Crippen molar-refractivity contribution in [3.05, 3.63) is 5.82 Å². The van der Waals surface area contributed by atoms with E-state index < -0.39 is 12.5 Å². The van der Waals surface area contributed by atoms with Crippen LogP contribution in [-0.4, -0.2) is 53.2 Å². The van der Waals surface area contributed by atoms with Crippen LogP contribution in [-0.2, 0) is 0 Å². The minimum Gasteiger partial charge on any atom is -0.334 e. The third kappa shape index (κ3) is 4.62. The van der Waals surface area contributed by atoms with Crippen LogP contribution >= 0.6 is 0 Å². The first-order chi connectivity index (χ1) is 9.94. The van der Waals surface area contributed by atoms with Gasteiger partial charge < -0.3 is 9.84 Å². The molecule has 0 spiro atoms. The second kappa shape index (κ2) is 6.79. The predicted octanol–water partition coefficient (Wildman–Crippen LogP) is 1.65. The molecule has 0 aromatic carbocycles. The van der Waals surface area contributed by atoms with Gasteiger partial charge >= 0.3 is 12.0 Å². The van der Waals surface area contributed by atoms with Crippen molar-refractivity contribution in [1.29, 1.82) is 0 Å². The van der Waals surface area contributed by atoms with Crippen molar-refractivity contribution in [1.82, 2.24) is 20.4 Å². The molecule has 2 amide bonds. The molecule has 1 aromatic heterocycles. The van der Waals surface area contributed by atoms with Gasteiger partial charge in [-0.3, -0.25) is 10.2 Å². The van der Waals surface area contributed by atoms with Crippen molar-refractivity contribution < 1.29 is 18.1 Å². The van der Waals surface area contributed by atoms with Crippen molar-refractivity contribution in [2.75, 3.05) is 25.0 Å². The van der Waals surface area contributed by atoms with Gasteiger partial charge in [-0.25, -0.2) is 13.6 Å². The van der Waals surface area contributed by atoms with Crippen LogP contribution in [0.25, 0.3) is 0 Å². The first kappa shape index (κ1) is 15.6. The molecule has 2 N–H and O–H groups in total. The molecule has 1 aliphatic rings. The number of urea groups is 1. The SMILES string of the molecule is CC(C)c1noc(NC(=O)N[C@H]2CCN(CC(F)F)C2)n1. The maximum Gasteiger partial charge on any atom is 0.329 e. The van der Waals surface area contributed by atoms with E-state index in [4.69, 9.17) is 4.52 Å². The third-order valence-electron chi connectivity index (χ3n) is 3.18. The average molecular weight is 303 g/mol. The summed E-state index contributed by atoms with van der Waals surface area (Å²) in [7, 11) is 0. The Kier molecular flexibility index (Phi) is 5.05. The number of nitrogens with one attached hydrogen (secondary N) is 2. The van der Waals surface area contributed by atoms with Crippen LogP contribution < -0.4 is 10.6 Å². The topological polar surface area (TPSA) is 83.3 Å². The average Bonchev–Trinajstić information content (AvgIpc) is 2.98. The number of alkyl halides is 2. The van der Waals surface area contributed by atoms with Crippen molar-refractivity contribution >= 4 is 12.0 Å². The maximum atomic E-state index is 12.3. The summed E-state index contributed by atoms with van der Waals surface area (Å²) in [6.45, 7) is 4.52. The van der Waals surface area contributed by atoms with Crippen molar-refractivity contribution in [2.24, 2.45) is 0 Å². The van der Waals surface area contributed by atoms with Gasteiger partial charge in [-0.1, -0.05) is 19.0 Å². The summed E-state index contributed by atoms with van der Waals surface area (Å²) in [5.74, 6) is 0.611. The summed E-state index contributed by atoms with van der Waals surface area (Å²) in [5.41, 5.74) is 0. The highest BCUT2D eigenvalue weighted by molar-refractivity contribution is 5.87. The number of nitrogens with zero attached hydrogens (tertiary/aromatic N) is 3. The Morgan fingerprint density at radius 2 is 2.29 bits per heavy atom. The second-order valence-electron chi connectivity index (χ2n) is 5.35. The number of hydrogen-bond acceptors (Lipinski definition) is 5. The van der Waals surface area contributed by atoms with Gasteiger partial charge in [-0.2, -0.15) is 4.98 Å². The molecule has 0 saturated carbocycles. The van der Waals surface area contributed by atoms with Gasteiger partial charge in [-0.05, 0) is 6.42 Å². The Morgan fingerprint density at radius 1 is 1.52 bits per heavy atom. The van der Waals surface area contributed by atoms with E-state index in [2.05, 4.69) is 20.8 Å². The number of likely N-dealkylation sites (tertiary alicyclic amines) is 1. The van der Waals surface area contributed by atoms with Crippen LogP contribution in [0, 0.1) is 0 Å². The second-order valence-corrected chi connectivity index (χ2v) is 5.35. The van der Waals surface area contributed by atoms with Crippen LogP contribution in [0.3, 0.4) is 0 Å². The van der Waals surface area contributed by atoms with E-state index in [-0.39, 0.29) is 24.5 Å². The van der Waals surface area contributed by atoms with Crippen LogP contribution in [0.5, 0.6) is 0 Å². The Bertz CT molecular complexity index is 480. The van der Waals surface area contributed by atoms with Gasteiger partial charge in [0.1, 0.15) is 0 Å². The summed E-state index contributed by atoms with van der Waals surface area (Å²) in [4.78, 5) is 17.4. The van der Waals surface area contributed by atoms with Crippen molar-refractivity contribution in [2.45, 2.75) is 38.7 Å². The molecule has 7 nitrogen and oxygen atoms in total. The molecule has 1 aromatic rings. The number of halogens is 2. The molecular weight excluding hydrogens is 284 g/mol. The Labute approximate surface area is 121 Å². The summed E-state index contributed by atoms with van der Waals surface area (Å²) >= 11 is 0. The lowest BCUT2D eigenvalue weighted by molar-refractivity contribution is 0.0988. The van der Waals surface area contributed by atoms with E-state index in [0.29, 0.717) is 25.3 Å². The molecule has 1 atom stereocenters. The number of anilines is 1. The van der Waals surface area contributed by atoms with Crippen LogP contribution in [0.2, 0.25) is 0 Å². The quantitative estimate of drug-likeness (QED) is 0.864. The molecule has 0 aliphatic carbocycles. The first-order valence-corrected chi connectivity index (χ1v) is 6.85. The number of hydrogen-bond donors (Lipinski definition) is 2. The molecule has 9 heteroatoms. The summed E-state index contributed by atoms with van der Waals surface area (Å²) in [5, 5.41) is 8.87. The standard InChI is InChI=1S/C12H19F2N5O2/c1-7(2)10-16-12(21-18-10)17-11(20)15-8-3-4-19(5-8)6-9(13)14/h7-9H,3-6H2,1-2H3,(H2,15,16,17,18,20)/t8-/m0/s1. The summed E-state index contributed by atoms with van der Waals surface area (Å²) in [6, 6.07) is -0.604. The molecule has 0 unspecified atom stereocenters. The Morgan fingerprint density at radius 3 is 2.90 bits per heavy atom. The third-order valence-corrected chi connectivity index (χ3v) is 3.18. The van der Waals surface area contributed by atoms with Crippen molar-refractivity contribution in [3.8, 4) is 0 Å². The molecule has 21 heavy (non-hydrogen) atoms. The number of amides is 2. The van der Waals surface area contributed by atoms with E-state index in [0.717, 1.165) is 0 Å². The molecular formula is C12H19F2N5O2. The Hall–Kier alpha value is -1.77. The fraction of sp³-hybridized carbons (Fsp3) is 0.750. The minimum atomic E-state index is -2.36. The largest absolute Gasteiger partial charge is 0.334 e. The molecule has 1 aliphatic heterocycles. The molecule has 2 rings (SSSR count). The number of carbonyl (C=O) groups is 1. The monoisotopic (exact) mass is 303 g/mol. The number of carbonyl (C=O) groups excluding carboxylic acids is 1. The fourth-order valence-corrected chi connectivity index (χ4v) is 2.15. The zero-order valence-electron chi connectivity index (χ0n) is 12.0. The smallest absolute Gasteiger partial charge is 0.329 e. The first-order valence-electron chi connectivity index (χ1n) is 6.85. The molecule has 0 bridgehead atoms. The lowest BCUT2D eigenvalue weighted by Crippen LogP contribution is -2.40. The van der Waals surface area contributed by atoms with Gasteiger partial charge in [0.2, 0.25) is 0 Å². The highest BCUT2D eigenvalue weighted by Crippen LogP contribution is 2.13. The number of aromatic nitrogens is 2. The van der Waals surface area contributed by atoms with E-state index in [1.807, 2.05) is 13.8 Å². The zero-order chi connectivity index (χ0) is 15.4. The van der Waals surface area contributed by atoms with Crippen LogP contribution in [0.4, 0.5) is 19.6 Å². The van der Waals surface area contributed by atoms with E-state index in [1.165, 1.54) is 0 Å². The zero-order valence-corrected chi connectivity index (χ0v) is 12.0. The summed E-state index contributed by atoms with van der Waals surface area (Å²) in [6.07, 6.45) is -1.72. The van der Waals surface area contributed by atoms with Gasteiger partial charge in [0.15, 0.2) is 5.82 Å². The maximum absolute atomic E-state index is 12.3. The Balaban J connectivity index is 1.77. The van der Waals surface area contributed by atoms with Gasteiger partial charge in [0.25, 0.3) is 6.43 Å². The minimum absolute atomic E-state index is 0.0265. The highest BCUT2D eigenvalue weighted by Gasteiger charge is 2.26. The van der Waals surface area contributed by atoms with Gasteiger partial charge in [0, 0.05) is 25.0 Å². The van der Waals surface area contributed by atoms with E-state index >= 15 is 0 Å². The van der Waals surface area contributed by atoms with E-state index in [1.54, 1.807) is 4.90 Å². The van der Waals surface area contributed by atoms with E-state index in [9.17, 15) is 13.6 Å². The number of rotatable bonds is 5. The molecule has 1 saturated heterocycles. The van der Waals surface area contributed by atoms with Crippen molar-refractivity contribution in [3.63, 3.8) is 0 Å². The van der Waals surface area contributed by atoms with Crippen LogP contribution in [0.1, 0.15) is 32.0 Å². The van der Waals surface area contributed by atoms with Crippen LogP contribution in [0.15, 0.2) is 4.52 Å². The summed E-state index contributed by atoms with van der Waals surface area (Å²) < 4.78 is 29.4. The highest BCUT2D eigenvalue weighted by atomic mass is 19.3. The lowest BCUT2D eigenvalue weighted by atomic mass is 10.2. The fourth-order valence-electron chi connectivity index (χ4n) is 2.15. The molecule has 118 valence electrons. The molecule has 2 heterocycles. The molecule has 1 fully saturated rings. The van der Waals surface area contributed by atoms with Gasteiger partial charge in [-0.15, -0.1) is 0 Å².